The van der Waals surface area contributed by atoms with Crippen molar-refractivity contribution in [2.24, 2.45) is 0 Å². The van der Waals surface area contributed by atoms with E-state index in [1.54, 1.807) is 36.4 Å². The lowest BCUT2D eigenvalue weighted by Gasteiger charge is -2.16. The van der Waals surface area contributed by atoms with Gasteiger partial charge in [0, 0.05) is 11.4 Å². The van der Waals surface area contributed by atoms with E-state index in [9.17, 15) is 18.0 Å². The number of carboxylic acid groups (broad SMARTS) is 1. The number of methoxy groups -OCH3 is 1. The fourth-order valence-electron chi connectivity index (χ4n) is 3.12. The average molecular weight is 436 g/mol. The van der Waals surface area contributed by atoms with Crippen LogP contribution in [0.15, 0.2) is 47.4 Å². The van der Waals surface area contributed by atoms with E-state index in [-0.39, 0.29) is 11.3 Å². The molecule has 29 heavy (non-hydrogen) atoms. The minimum absolute atomic E-state index is 0.0889. The summed E-state index contributed by atoms with van der Waals surface area (Å²) in [5.74, 6) is -1.15. The Morgan fingerprint density at radius 1 is 1.17 bits per heavy atom. The van der Waals surface area contributed by atoms with Crippen LogP contribution in [0.5, 0.6) is 5.75 Å². The zero-order valence-corrected chi connectivity index (χ0v) is 17.0. The first-order chi connectivity index (χ1) is 13.7. The Bertz CT molecular complexity index is 1090. The summed E-state index contributed by atoms with van der Waals surface area (Å²) >= 11 is 6.21. The number of carboxylic acids is 1. The molecule has 0 bridgehead atoms. The van der Waals surface area contributed by atoms with Crippen molar-refractivity contribution in [2.75, 3.05) is 7.11 Å². The summed E-state index contributed by atoms with van der Waals surface area (Å²) in [6.45, 7) is 0. The standard InChI is InChI=1S/C20H18ClNO6S/c1-28-13-2-4-14(5-3-13)29(26,27)22-19-9-7-15-16(19)6-8-18(21)17(15)10-12(23)11-20(24)25/h2-9,19,22H,10-11H2,1H3,(H,24,25). The summed E-state index contributed by atoms with van der Waals surface area (Å²) in [5, 5.41) is 9.11. The fourth-order valence-corrected chi connectivity index (χ4v) is 4.52. The van der Waals surface area contributed by atoms with Gasteiger partial charge in [0.25, 0.3) is 0 Å². The third-order valence-electron chi connectivity index (χ3n) is 4.50. The summed E-state index contributed by atoms with van der Waals surface area (Å²) in [6.07, 6.45) is 2.60. The van der Waals surface area contributed by atoms with E-state index in [1.165, 1.54) is 19.2 Å². The number of hydrogen-bond donors (Lipinski definition) is 2. The largest absolute Gasteiger partial charge is 0.497 e. The maximum atomic E-state index is 12.7. The first-order valence-electron chi connectivity index (χ1n) is 8.60. The Balaban J connectivity index is 1.85. The van der Waals surface area contributed by atoms with Gasteiger partial charge < -0.3 is 9.84 Å². The van der Waals surface area contributed by atoms with Gasteiger partial charge in [-0.25, -0.2) is 8.42 Å². The quantitative estimate of drug-likeness (QED) is 0.617. The lowest BCUT2D eigenvalue weighted by molar-refractivity contribution is -0.140. The molecule has 0 heterocycles. The summed E-state index contributed by atoms with van der Waals surface area (Å²) in [4.78, 5) is 22.8. The maximum Gasteiger partial charge on any atom is 0.310 e. The van der Waals surface area contributed by atoms with Crippen LogP contribution in [0.3, 0.4) is 0 Å². The Hall–Kier alpha value is -2.68. The van der Waals surface area contributed by atoms with Crippen LogP contribution in [0.1, 0.15) is 29.2 Å². The Kier molecular flexibility index (Phi) is 6.07. The molecule has 1 atom stereocenters. The van der Waals surface area contributed by atoms with E-state index >= 15 is 0 Å². The SMILES string of the molecule is COc1ccc(S(=O)(=O)NC2C=Cc3c2ccc(Cl)c3CC(=O)CC(=O)O)cc1. The number of nitrogens with one attached hydrogen (secondary N) is 1. The zero-order valence-electron chi connectivity index (χ0n) is 15.4. The van der Waals surface area contributed by atoms with Crippen molar-refractivity contribution in [2.45, 2.75) is 23.8 Å². The van der Waals surface area contributed by atoms with Gasteiger partial charge in [0.2, 0.25) is 10.0 Å². The van der Waals surface area contributed by atoms with Crippen molar-refractivity contribution in [3.63, 3.8) is 0 Å². The number of aliphatic carboxylic acids is 1. The number of carbonyl (C=O) groups is 2. The van der Waals surface area contributed by atoms with E-state index in [4.69, 9.17) is 21.4 Å². The number of fused-ring (bicyclic) bond motifs is 1. The Morgan fingerprint density at radius 2 is 1.86 bits per heavy atom. The van der Waals surface area contributed by atoms with Gasteiger partial charge in [-0.2, -0.15) is 4.72 Å². The number of benzene rings is 2. The van der Waals surface area contributed by atoms with Crippen LogP contribution in [0.4, 0.5) is 0 Å². The van der Waals surface area contributed by atoms with Gasteiger partial charge in [-0.1, -0.05) is 29.8 Å². The molecule has 9 heteroatoms. The number of sulfonamides is 1. The molecule has 2 N–H and O–H groups in total. The van der Waals surface area contributed by atoms with Crippen LogP contribution in [0, 0.1) is 0 Å². The van der Waals surface area contributed by atoms with Crippen molar-refractivity contribution >= 4 is 39.5 Å². The number of ether oxygens (including phenoxy) is 1. The van der Waals surface area contributed by atoms with E-state index in [0.717, 1.165) is 0 Å². The molecule has 152 valence electrons. The number of Topliss-reactive ketones (excluding diaryl/α,β-unsaturated/α-hetero) is 1. The van der Waals surface area contributed by atoms with Crippen molar-refractivity contribution in [1.82, 2.24) is 4.72 Å². The molecule has 2 aromatic rings. The van der Waals surface area contributed by atoms with Crippen LogP contribution in [-0.2, 0) is 26.0 Å². The number of ketones is 1. The van der Waals surface area contributed by atoms with Gasteiger partial charge in [0.05, 0.1) is 18.0 Å². The van der Waals surface area contributed by atoms with E-state index in [1.807, 2.05) is 0 Å². The Labute approximate surface area is 173 Å². The molecule has 0 aliphatic heterocycles. The topological polar surface area (TPSA) is 110 Å². The summed E-state index contributed by atoms with van der Waals surface area (Å²) in [6, 6.07) is 8.62. The van der Waals surface area contributed by atoms with Gasteiger partial charge >= 0.3 is 5.97 Å². The van der Waals surface area contributed by atoms with Crippen LogP contribution in [-0.4, -0.2) is 32.4 Å². The molecule has 0 spiro atoms. The zero-order chi connectivity index (χ0) is 21.2. The second-order valence-electron chi connectivity index (χ2n) is 6.45. The number of hydrogen-bond acceptors (Lipinski definition) is 5. The third kappa shape index (κ3) is 4.67. The molecular formula is C20H18ClNO6S. The molecule has 1 aliphatic rings. The highest BCUT2D eigenvalue weighted by Crippen LogP contribution is 2.35. The third-order valence-corrected chi connectivity index (χ3v) is 6.31. The van der Waals surface area contributed by atoms with Crippen molar-refractivity contribution in [3.05, 3.63) is 64.2 Å². The van der Waals surface area contributed by atoms with E-state index in [2.05, 4.69) is 4.72 Å². The molecule has 1 unspecified atom stereocenters. The molecule has 0 saturated heterocycles. The van der Waals surface area contributed by atoms with E-state index in [0.29, 0.717) is 27.5 Å². The van der Waals surface area contributed by atoms with Crippen LogP contribution >= 0.6 is 11.6 Å². The summed E-state index contributed by atoms with van der Waals surface area (Å²) in [5.41, 5.74) is 1.75. The van der Waals surface area contributed by atoms with E-state index < -0.39 is 34.2 Å². The fraction of sp³-hybridized carbons (Fsp3) is 0.200. The lowest BCUT2D eigenvalue weighted by Crippen LogP contribution is -2.27. The smallest absolute Gasteiger partial charge is 0.310 e. The molecule has 0 fully saturated rings. The van der Waals surface area contributed by atoms with Gasteiger partial charge in [0.1, 0.15) is 18.0 Å². The first kappa shape index (κ1) is 21.0. The van der Waals surface area contributed by atoms with Crippen LogP contribution in [0.2, 0.25) is 5.02 Å². The van der Waals surface area contributed by atoms with Crippen molar-refractivity contribution < 1.29 is 27.9 Å². The predicted molar refractivity (Wildman–Crippen MR) is 108 cm³/mol. The highest BCUT2D eigenvalue weighted by atomic mass is 35.5. The number of carbonyl (C=O) groups excluding carboxylic acids is 1. The molecule has 3 rings (SSSR count). The van der Waals surface area contributed by atoms with Crippen molar-refractivity contribution in [1.29, 1.82) is 0 Å². The Morgan fingerprint density at radius 3 is 2.48 bits per heavy atom. The monoisotopic (exact) mass is 435 g/mol. The minimum atomic E-state index is -3.81. The van der Waals surface area contributed by atoms with Gasteiger partial charge in [-0.3, -0.25) is 9.59 Å². The molecular weight excluding hydrogens is 418 g/mol. The first-order valence-corrected chi connectivity index (χ1v) is 10.5. The highest BCUT2D eigenvalue weighted by Gasteiger charge is 2.27. The lowest BCUT2D eigenvalue weighted by atomic mass is 9.97. The molecule has 1 aliphatic carbocycles. The predicted octanol–water partition coefficient (Wildman–Crippen LogP) is 2.98. The summed E-state index contributed by atoms with van der Waals surface area (Å²) < 4.78 is 33.1. The van der Waals surface area contributed by atoms with Gasteiger partial charge in [0.15, 0.2) is 0 Å². The molecule has 7 nitrogen and oxygen atoms in total. The highest BCUT2D eigenvalue weighted by molar-refractivity contribution is 7.89. The van der Waals surface area contributed by atoms with Crippen LogP contribution < -0.4 is 9.46 Å². The molecule has 2 aromatic carbocycles. The molecule has 0 aromatic heterocycles. The summed E-state index contributed by atoms with van der Waals surface area (Å²) in [7, 11) is -2.32. The van der Waals surface area contributed by atoms with Gasteiger partial charge in [-0.05, 0) is 47.0 Å². The molecule has 0 amide bonds. The second-order valence-corrected chi connectivity index (χ2v) is 8.57. The molecule has 0 saturated carbocycles. The number of halogens is 1. The maximum absolute atomic E-state index is 12.7. The average Bonchev–Trinajstić information content (AvgIpc) is 3.06. The second kappa shape index (κ2) is 8.36. The number of rotatable bonds is 8. The normalized spacial score (nSPS) is 15.2. The van der Waals surface area contributed by atoms with Gasteiger partial charge in [-0.15, -0.1) is 0 Å². The van der Waals surface area contributed by atoms with Crippen LogP contribution in [0.25, 0.3) is 6.08 Å². The molecule has 0 radical (unpaired) electrons. The van der Waals surface area contributed by atoms with Crippen molar-refractivity contribution in [3.8, 4) is 5.75 Å². The minimum Gasteiger partial charge on any atom is -0.497 e.